The first-order chi connectivity index (χ1) is 8.43. The quantitative estimate of drug-likeness (QED) is 0.592. The molecule has 0 aliphatic heterocycles. The fraction of sp³-hybridized carbons (Fsp3) is 0.364. The predicted octanol–water partition coefficient (Wildman–Crippen LogP) is 4.06. The first kappa shape index (κ1) is 15.5. The number of carbonyl (C=O) groups is 1. The van der Waals surface area contributed by atoms with Gasteiger partial charge in [0.25, 0.3) is 0 Å². The summed E-state index contributed by atoms with van der Waals surface area (Å²) in [7, 11) is 0. The fourth-order valence-electron chi connectivity index (χ4n) is 1.53. The van der Waals surface area contributed by atoms with Crippen molar-refractivity contribution in [2.75, 3.05) is 0 Å². The van der Waals surface area contributed by atoms with Crippen molar-refractivity contribution in [1.29, 1.82) is 0 Å². The summed E-state index contributed by atoms with van der Waals surface area (Å²) in [6.07, 6.45) is -11.6. The number of hydrogen-bond acceptors (Lipinski definition) is 1. The standard InChI is InChI=1S/C11H7F7O/c1-5-2-6(4-7(12)3-5)8(19)9(10(13,14)15)11(16,17)18/h2-4,9H,1H3. The zero-order chi connectivity index (χ0) is 15.0. The van der Waals surface area contributed by atoms with Crippen LogP contribution in [0.3, 0.4) is 0 Å². The molecule has 8 heteroatoms. The predicted molar refractivity (Wildman–Crippen MR) is 51.1 cm³/mol. The van der Waals surface area contributed by atoms with E-state index in [-0.39, 0.29) is 5.56 Å². The highest BCUT2D eigenvalue weighted by molar-refractivity contribution is 5.99. The van der Waals surface area contributed by atoms with Gasteiger partial charge in [-0.25, -0.2) is 4.39 Å². The summed E-state index contributed by atoms with van der Waals surface area (Å²) < 4.78 is 86.8. The molecule has 0 radical (unpaired) electrons. The minimum Gasteiger partial charge on any atom is -0.293 e. The van der Waals surface area contributed by atoms with E-state index < -0.39 is 35.4 Å². The first-order valence-electron chi connectivity index (χ1n) is 4.88. The maximum atomic E-state index is 12.9. The molecule has 0 aliphatic rings. The number of aryl methyl sites for hydroxylation is 1. The maximum absolute atomic E-state index is 12.9. The Morgan fingerprint density at radius 1 is 1.00 bits per heavy atom. The van der Waals surface area contributed by atoms with E-state index >= 15 is 0 Å². The molecule has 0 fully saturated rings. The molecule has 0 bridgehead atoms. The van der Waals surface area contributed by atoms with Gasteiger partial charge in [0.05, 0.1) is 0 Å². The summed E-state index contributed by atoms with van der Waals surface area (Å²) in [6.45, 7) is 1.25. The molecule has 0 heterocycles. The lowest BCUT2D eigenvalue weighted by atomic mass is 9.95. The Kier molecular flexibility index (Phi) is 3.92. The monoisotopic (exact) mass is 288 g/mol. The number of rotatable bonds is 2. The molecule has 0 aliphatic carbocycles. The third-order valence-electron chi connectivity index (χ3n) is 2.24. The van der Waals surface area contributed by atoms with Gasteiger partial charge in [0.15, 0.2) is 5.78 Å². The van der Waals surface area contributed by atoms with Crippen molar-refractivity contribution in [3.8, 4) is 0 Å². The smallest absolute Gasteiger partial charge is 0.293 e. The summed E-state index contributed by atoms with van der Waals surface area (Å²) in [5, 5.41) is 0. The number of benzene rings is 1. The van der Waals surface area contributed by atoms with E-state index in [0.717, 1.165) is 12.1 Å². The molecule has 1 aromatic rings. The van der Waals surface area contributed by atoms with Crippen LogP contribution in [0.1, 0.15) is 15.9 Å². The summed E-state index contributed by atoms with van der Waals surface area (Å²) in [4.78, 5) is 11.3. The normalized spacial score (nSPS) is 12.9. The van der Waals surface area contributed by atoms with E-state index in [1.165, 1.54) is 6.92 Å². The molecule has 106 valence electrons. The number of hydrogen-bond donors (Lipinski definition) is 0. The fourth-order valence-corrected chi connectivity index (χ4v) is 1.53. The largest absolute Gasteiger partial charge is 0.407 e. The van der Waals surface area contributed by atoms with Crippen LogP contribution in [0.5, 0.6) is 0 Å². The average Bonchev–Trinajstić information content (AvgIpc) is 2.10. The van der Waals surface area contributed by atoms with Crippen LogP contribution < -0.4 is 0 Å². The van der Waals surface area contributed by atoms with Gasteiger partial charge in [0.2, 0.25) is 5.92 Å². The molecule has 0 atom stereocenters. The maximum Gasteiger partial charge on any atom is 0.407 e. The number of ketones is 1. The summed E-state index contributed by atoms with van der Waals surface area (Å²) in [6, 6.07) is 2.00. The Morgan fingerprint density at radius 2 is 1.47 bits per heavy atom. The van der Waals surface area contributed by atoms with Gasteiger partial charge in [-0.3, -0.25) is 4.79 Å². The molecule has 0 saturated heterocycles. The van der Waals surface area contributed by atoms with Crippen LogP contribution >= 0.6 is 0 Å². The molecule has 0 unspecified atom stereocenters. The van der Waals surface area contributed by atoms with Crippen LogP contribution in [0.4, 0.5) is 30.7 Å². The molecule has 0 N–H and O–H groups in total. The minimum absolute atomic E-state index is 0.0476. The van der Waals surface area contributed by atoms with Crippen molar-refractivity contribution in [2.45, 2.75) is 19.3 Å². The first-order valence-corrected chi connectivity index (χ1v) is 4.88. The SMILES string of the molecule is Cc1cc(F)cc(C(=O)C(C(F)(F)F)C(F)(F)F)c1. The molecule has 0 amide bonds. The Labute approximate surface area is 103 Å². The van der Waals surface area contributed by atoms with Crippen LogP contribution in [0, 0.1) is 18.7 Å². The highest BCUT2D eigenvalue weighted by Crippen LogP contribution is 2.41. The molecule has 0 aromatic heterocycles. The van der Waals surface area contributed by atoms with Crippen molar-refractivity contribution in [3.63, 3.8) is 0 Å². The number of halogens is 7. The zero-order valence-corrected chi connectivity index (χ0v) is 9.36. The molecule has 1 aromatic carbocycles. The number of Topliss-reactive ketones (excluding diaryl/α,β-unsaturated/α-hetero) is 1. The molecule has 1 nitrogen and oxygen atoms in total. The minimum atomic E-state index is -5.78. The lowest BCUT2D eigenvalue weighted by Gasteiger charge is -2.21. The van der Waals surface area contributed by atoms with Crippen molar-refractivity contribution in [1.82, 2.24) is 0 Å². The Morgan fingerprint density at radius 3 is 1.84 bits per heavy atom. The second-order valence-corrected chi connectivity index (χ2v) is 3.90. The van der Waals surface area contributed by atoms with Crippen molar-refractivity contribution in [2.24, 2.45) is 5.92 Å². The Balaban J connectivity index is 3.28. The van der Waals surface area contributed by atoms with Crippen LogP contribution in [-0.2, 0) is 0 Å². The number of carbonyl (C=O) groups excluding carboxylic acids is 1. The van der Waals surface area contributed by atoms with Crippen LogP contribution in [-0.4, -0.2) is 18.1 Å². The lowest BCUT2D eigenvalue weighted by molar-refractivity contribution is -0.264. The van der Waals surface area contributed by atoms with Crippen LogP contribution in [0.2, 0.25) is 0 Å². The van der Waals surface area contributed by atoms with Crippen molar-refractivity contribution >= 4 is 5.78 Å². The van der Waals surface area contributed by atoms with Gasteiger partial charge in [-0.15, -0.1) is 0 Å². The van der Waals surface area contributed by atoms with Crippen LogP contribution in [0.15, 0.2) is 18.2 Å². The van der Waals surface area contributed by atoms with Gasteiger partial charge in [0.1, 0.15) is 5.82 Å². The highest BCUT2D eigenvalue weighted by atomic mass is 19.4. The van der Waals surface area contributed by atoms with E-state index in [4.69, 9.17) is 0 Å². The Hall–Kier alpha value is -1.60. The molecule has 1 rings (SSSR count). The van der Waals surface area contributed by atoms with Crippen molar-refractivity contribution < 1.29 is 35.5 Å². The van der Waals surface area contributed by atoms with E-state index in [1.807, 2.05) is 0 Å². The second kappa shape index (κ2) is 4.82. The topological polar surface area (TPSA) is 17.1 Å². The average molecular weight is 288 g/mol. The molecule has 19 heavy (non-hydrogen) atoms. The summed E-state index contributed by atoms with van der Waals surface area (Å²) in [5.74, 6) is -7.45. The van der Waals surface area contributed by atoms with Crippen molar-refractivity contribution in [3.05, 3.63) is 35.1 Å². The lowest BCUT2D eigenvalue weighted by Crippen LogP contribution is -2.42. The molecular formula is C11H7F7O. The summed E-state index contributed by atoms with van der Waals surface area (Å²) in [5.41, 5.74) is -0.913. The molecular weight excluding hydrogens is 281 g/mol. The van der Waals surface area contributed by atoms with Gasteiger partial charge >= 0.3 is 12.4 Å². The third kappa shape index (κ3) is 3.68. The highest BCUT2D eigenvalue weighted by Gasteiger charge is 2.60. The van der Waals surface area contributed by atoms with E-state index in [2.05, 4.69) is 0 Å². The van der Waals surface area contributed by atoms with E-state index in [1.54, 1.807) is 0 Å². The van der Waals surface area contributed by atoms with E-state index in [0.29, 0.717) is 6.07 Å². The van der Waals surface area contributed by atoms with Gasteiger partial charge in [0, 0.05) is 5.56 Å². The van der Waals surface area contributed by atoms with Gasteiger partial charge in [-0.05, 0) is 30.7 Å². The zero-order valence-electron chi connectivity index (χ0n) is 9.36. The van der Waals surface area contributed by atoms with E-state index in [9.17, 15) is 35.5 Å². The third-order valence-corrected chi connectivity index (χ3v) is 2.24. The Bertz CT molecular complexity index is 453. The number of alkyl halides is 6. The van der Waals surface area contributed by atoms with Gasteiger partial charge in [-0.1, -0.05) is 0 Å². The second-order valence-electron chi connectivity index (χ2n) is 3.90. The van der Waals surface area contributed by atoms with Gasteiger partial charge < -0.3 is 0 Å². The van der Waals surface area contributed by atoms with Gasteiger partial charge in [-0.2, -0.15) is 26.3 Å². The molecule has 0 spiro atoms. The molecule has 0 saturated carbocycles. The van der Waals surface area contributed by atoms with Crippen LogP contribution in [0.25, 0.3) is 0 Å². The summed E-state index contributed by atoms with van der Waals surface area (Å²) >= 11 is 0.